The molecule has 0 aliphatic heterocycles. The highest BCUT2D eigenvalue weighted by Crippen LogP contribution is 2.48. The van der Waals surface area contributed by atoms with E-state index in [4.69, 9.17) is 5.73 Å². The Morgan fingerprint density at radius 2 is 1.83 bits per heavy atom. The van der Waals surface area contributed by atoms with E-state index in [1.165, 1.54) is 25.7 Å². The summed E-state index contributed by atoms with van der Waals surface area (Å²) >= 11 is 0. The molecular formula is C10H17NO. The summed E-state index contributed by atoms with van der Waals surface area (Å²) in [6, 6.07) is 0. The standard InChI is InChI=1S/C10H17NO/c11-9(12)10-5-1-3-8(7-10)4-2-6-10/h8H,1-7H2,(H2,11,12). The van der Waals surface area contributed by atoms with Gasteiger partial charge in [-0.1, -0.05) is 25.7 Å². The van der Waals surface area contributed by atoms with Gasteiger partial charge in [-0.25, -0.2) is 0 Å². The van der Waals surface area contributed by atoms with Crippen molar-refractivity contribution >= 4 is 5.91 Å². The lowest BCUT2D eigenvalue weighted by molar-refractivity contribution is -0.132. The Bertz CT molecular complexity index is 190. The van der Waals surface area contributed by atoms with Gasteiger partial charge in [0.15, 0.2) is 0 Å². The number of carbonyl (C=O) groups is 1. The first-order valence-corrected chi connectivity index (χ1v) is 5.03. The van der Waals surface area contributed by atoms with Crippen LogP contribution in [0.15, 0.2) is 0 Å². The van der Waals surface area contributed by atoms with Crippen molar-refractivity contribution in [2.75, 3.05) is 0 Å². The van der Waals surface area contributed by atoms with Crippen LogP contribution in [0.3, 0.4) is 0 Å². The summed E-state index contributed by atoms with van der Waals surface area (Å²) < 4.78 is 0. The molecule has 0 saturated heterocycles. The summed E-state index contributed by atoms with van der Waals surface area (Å²) in [5.74, 6) is 0.770. The second-order valence-corrected chi connectivity index (χ2v) is 4.50. The van der Waals surface area contributed by atoms with Gasteiger partial charge in [-0.2, -0.15) is 0 Å². The van der Waals surface area contributed by atoms with Gasteiger partial charge in [-0.15, -0.1) is 0 Å². The summed E-state index contributed by atoms with van der Waals surface area (Å²) in [7, 11) is 0. The van der Waals surface area contributed by atoms with E-state index in [1.807, 2.05) is 0 Å². The molecule has 2 fully saturated rings. The molecule has 1 amide bonds. The molecule has 2 aliphatic carbocycles. The maximum atomic E-state index is 11.3. The highest BCUT2D eigenvalue weighted by atomic mass is 16.1. The first-order chi connectivity index (χ1) is 5.73. The van der Waals surface area contributed by atoms with E-state index in [0.717, 1.165) is 25.2 Å². The third kappa shape index (κ3) is 1.13. The fraction of sp³-hybridized carbons (Fsp3) is 0.900. The van der Waals surface area contributed by atoms with Crippen LogP contribution in [-0.2, 0) is 4.79 Å². The topological polar surface area (TPSA) is 43.1 Å². The van der Waals surface area contributed by atoms with Gasteiger partial charge in [0.2, 0.25) is 5.91 Å². The van der Waals surface area contributed by atoms with Crippen molar-refractivity contribution in [2.24, 2.45) is 17.1 Å². The zero-order chi connectivity index (χ0) is 8.60. The van der Waals surface area contributed by atoms with Gasteiger partial charge in [-0.05, 0) is 25.2 Å². The number of fused-ring (bicyclic) bond motifs is 2. The minimum absolute atomic E-state index is 0.0353. The molecule has 0 unspecified atom stereocenters. The minimum Gasteiger partial charge on any atom is -0.369 e. The van der Waals surface area contributed by atoms with E-state index in [0.29, 0.717) is 0 Å². The molecule has 0 heterocycles. The molecule has 0 aromatic heterocycles. The van der Waals surface area contributed by atoms with Crippen LogP contribution in [0.25, 0.3) is 0 Å². The Hall–Kier alpha value is -0.530. The number of carbonyl (C=O) groups excluding carboxylic acids is 1. The van der Waals surface area contributed by atoms with Gasteiger partial charge in [0.05, 0.1) is 0 Å². The van der Waals surface area contributed by atoms with Gasteiger partial charge in [-0.3, -0.25) is 4.79 Å². The molecule has 2 nitrogen and oxygen atoms in total. The van der Waals surface area contributed by atoms with E-state index < -0.39 is 0 Å². The average Bonchev–Trinajstić information content (AvgIpc) is 2.04. The van der Waals surface area contributed by atoms with E-state index in [-0.39, 0.29) is 11.3 Å². The smallest absolute Gasteiger partial charge is 0.223 e. The van der Waals surface area contributed by atoms with Crippen LogP contribution in [0, 0.1) is 11.3 Å². The summed E-state index contributed by atoms with van der Waals surface area (Å²) in [5, 5.41) is 0. The Kier molecular flexibility index (Phi) is 1.85. The molecule has 2 rings (SSSR count). The summed E-state index contributed by atoms with van der Waals surface area (Å²) in [4.78, 5) is 11.3. The average molecular weight is 167 g/mol. The maximum Gasteiger partial charge on any atom is 0.223 e. The molecule has 2 bridgehead atoms. The molecule has 12 heavy (non-hydrogen) atoms. The molecule has 0 aromatic carbocycles. The second kappa shape index (κ2) is 2.75. The van der Waals surface area contributed by atoms with E-state index in [1.54, 1.807) is 0 Å². The fourth-order valence-corrected chi connectivity index (χ4v) is 3.04. The van der Waals surface area contributed by atoms with Crippen LogP contribution < -0.4 is 5.73 Å². The number of amides is 1. The van der Waals surface area contributed by atoms with Crippen molar-refractivity contribution in [1.29, 1.82) is 0 Å². The normalized spacial score (nSPS) is 40.8. The van der Waals surface area contributed by atoms with Gasteiger partial charge in [0.1, 0.15) is 0 Å². The van der Waals surface area contributed by atoms with E-state index in [9.17, 15) is 4.79 Å². The Balaban J connectivity index is 2.17. The molecule has 0 aromatic rings. The van der Waals surface area contributed by atoms with Crippen molar-refractivity contribution in [3.63, 3.8) is 0 Å². The molecule has 0 radical (unpaired) electrons. The molecule has 2 aliphatic rings. The Labute approximate surface area is 73.5 Å². The molecule has 68 valence electrons. The van der Waals surface area contributed by atoms with Crippen molar-refractivity contribution in [3.8, 4) is 0 Å². The monoisotopic (exact) mass is 167 g/mol. The van der Waals surface area contributed by atoms with Crippen molar-refractivity contribution in [2.45, 2.75) is 44.9 Å². The quantitative estimate of drug-likeness (QED) is 0.636. The highest BCUT2D eigenvalue weighted by molar-refractivity contribution is 5.81. The van der Waals surface area contributed by atoms with Crippen molar-refractivity contribution in [3.05, 3.63) is 0 Å². The maximum absolute atomic E-state index is 11.3. The SMILES string of the molecule is NC(=O)C12CCCC(CCC1)C2. The second-order valence-electron chi connectivity index (χ2n) is 4.50. The molecule has 2 N–H and O–H groups in total. The van der Waals surface area contributed by atoms with Crippen LogP contribution in [0.2, 0.25) is 0 Å². The third-order valence-corrected chi connectivity index (χ3v) is 3.74. The Morgan fingerprint density at radius 1 is 1.25 bits per heavy atom. The lowest BCUT2D eigenvalue weighted by Gasteiger charge is -2.42. The third-order valence-electron chi connectivity index (χ3n) is 3.74. The molecule has 2 heteroatoms. The fourth-order valence-electron chi connectivity index (χ4n) is 3.04. The number of hydrogen-bond acceptors (Lipinski definition) is 1. The molecule has 0 atom stereocenters. The predicted octanol–water partition coefficient (Wildman–Crippen LogP) is 1.83. The molecular weight excluding hydrogens is 150 g/mol. The summed E-state index contributed by atoms with van der Waals surface area (Å²) in [6.07, 6.45) is 8.28. The van der Waals surface area contributed by atoms with Gasteiger partial charge < -0.3 is 5.73 Å². The Morgan fingerprint density at radius 3 is 2.25 bits per heavy atom. The van der Waals surface area contributed by atoms with Crippen LogP contribution >= 0.6 is 0 Å². The lowest BCUT2D eigenvalue weighted by Crippen LogP contribution is -2.43. The van der Waals surface area contributed by atoms with Gasteiger partial charge in [0, 0.05) is 5.41 Å². The van der Waals surface area contributed by atoms with Crippen molar-refractivity contribution in [1.82, 2.24) is 0 Å². The minimum atomic E-state index is -0.0822. The molecule has 2 saturated carbocycles. The predicted molar refractivity (Wildman–Crippen MR) is 47.4 cm³/mol. The number of nitrogens with two attached hydrogens (primary N) is 1. The van der Waals surface area contributed by atoms with Crippen molar-refractivity contribution < 1.29 is 4.79 Å². The zero-order valence-corrected chi connectivity index (χ0v) is 7.51. The van der Waals surface area contributed by atoms with Gasteiger partial charge in [0.25, 0.3) is 0 Å². The van der Waals surface area contributed by atoms with Gasteiger partial charge >= 0.3 is 0 Å². The largest absolute Gasteiger partial charge is 0.369 e. The zero-order valence-electron chi connectivity index (χ0n) is 7.51. The van der Waals surface area contributed by atoms with Crippen LogP contribution in [-0.4, -0.2) is 5.91 Å². The summed E-state index contributed by atoms with van der Waals surface area (Å²) in [6.45, 7) is 0. The lowest BCUT2D eigenvalue weighted by atomic mass is 9.62. The van der Waals surface area contributed by atoms with Crippen LogP contribution in [0.5, 0.6) is 0 Å². The van der Waals surface area contributed by atoms with E-state index >= 15 is 0 Å². The number of hydrogen-bond donors (Lipinski definition) is 1. The van der Waals surface area contributed by atoms with Crippen LogP contribution in [0.4, 0.5) is 0 Å². The van der Waals surface area contributed by atoms with E-state index in [2.05, 4.69) is 0 Å². The number of primary amides is 1. The first-order valence-electron chi connectivity index (χ1n) is 5.03. The first kappa shape index (κ1) is 8.09. The number of rotatable bonds is 1. The highest BCUT2D eigenvalue weighted by Gasteiger charge is 2.43. The summed E-state index contributed by atoms with van der Waals surface area (Å²) in [5.41, 5.74) is 5.39. The van der Waals surface area contributed by atoms with Crippen LogP contribution in [0.1, 0.15) is 44.9 Å². The molecule has 0 spiro atoms.